The quantitative estimate of drug-likeness (QED) is 0.225. The van der Waals surface area contributed by atoms with E-state index in [1.54, 1.807) is 6.92 Å². The zero-order valence-electron chi connectivity index (χ0n) is 14.1. The summed E-state index contributed by atoms with van der Waals surface area (Å²) in [6.45, 7) is 3.86. The molecular weight excluding hydrogens is 342 g/mol. The van der Waals surface area contributed by atoms with Crippen molar-refractivity contribution in [3.63, 3.8) is 0 Å². The van der Waals surface area contributed by atoms with Crippen LogP contribution in [0.25, 0.3) is 0 Å². The van der Waals surface area contributed by atoms with E-state index >= 15 is 0 Å². The van der Waals surface area contributed by atoms with Crippen molar-refractivity contribution in [1.82, 2.24) is 0 Å². The summed E-state index contributed by atoms with van der Waals surface area (Å²) in [4.78, 5) is 20.7. The van der Waals surface area contributed by atoms with Crippen molar-refractivity contribution in [1.29, 1.82) is 0 Å². The zero-order valence-corrected chi connectivity index (χ0v) is 16.5. The molecule has 22 heavy (non-hydrogen) atoms. The largest absolute Gasteiger partial charge is 0.344 e. The van der Waals surface area contributed by atoms with E-state index in [2.05, 4.69) is 6.92 Å². The van der Waals surface area contributed by atoms with Crippen LogP contribution in [0.5, 0.6) is 0 Å². The van der Waals surface area contributed by atoms with Gasteiger partial charge in [-0.25, -0.2) is 0 Å². The van der Waals surface area contributed by atoms with Gasteiger partial charge in [0.05, 0.1) is 0 Å². The first-order valence-electron chi connectivity index (χ1n) is 8.40. The van der Waals surface area contributed by atoms with Crippen molar-refractivity contribution >= 4 is 36.6 Å². The zero-order chi connectivity index (χ0) is 16.1. The molecule has 0 aromatic rings. The van der Waals surface area contributed by atoms with Gasteiger partial charge in [-0.3, -0.25) is 9.36 Å². The van der Waals surface area contributed by atoms with Gasteiger partial charge in [0.1, 0.15) is 0 Å². The van der Waals surface area contributed by atoms with E-state index in [4.69, 9.17) is 11.6 Å². The van der Waals surface area contributed by atoms with Crippen molar-refractivity contribution in [3.05, 3.63) is 0 Å². The maximum absolute atomic E-state index is 12.0. The van der Waals surface area contributed by atoms with Crippen LogP contribution in [-0.2, 0) is 9.36 Å². The number of unbranched alkanes of at least 4 members (excludes halogenated alkanes) is 9. The van der Waals surface area contributed by atoms with Gasteiger partial charge in [0, 0.05) is 18.2 Å². The van der Waals surface area contributed by atoms with Crippen molar-refractivity contribution in [2.75, 3.05) is 6.16 Å². The van der Waals surface area contributed by atoms with Gasteiger partial charge < -0.3 is 4.89 Å². The Labute approximate surface area is 147 Å². The van der Waals surface area contributed by atoms with Crippen LogP contribution >= 0.6 is 31.4 Å². The molecular formula is C16H33Cl2O3P. The molecule has 0 saturated carbocycles. The summed E-state index contributed by atoms with van der Waals surface area (Å²) >= 11 is 5.27. The van der Waals surface area contributed by atoms with Gasteiger partial charge in [-0.05, 0) is 18.0 Å². The fraction of sp³-hybridized carbons (Fsp3) is 0.938. The summed E-state index contributed by atoms with van der Waals surface area (Å²) in [5.41, 5.74) is -0.513. The minimum atomic E-state index is -3.22. The summed E-state index contributed by atoms with van der Waals surface area (Å²) in [7, 11) is -3.22. The Hall–Kier alpha value is 0.440. The Morgan fingerprint density at radius 3 is 1.82 bits per heavy atom. The molecule has 134 valence electrons. The van der Waals surface area contributed by atoms with Gasteiger partial charge in [-0.1, -0.05) is 71.6 Å². The smallest absolute Gasteiger partial charge is 0.222 e. The van der Waals surface area contributed by atoms with Crippen LogP contribution in [0.3, 0.4) is 0 Å². The molecule has 0 bridgehead atoms. The molecule has 6 heteroatoms. The van der Waals surface area contributed by atoms with E-state index in [9.17, 15) is 14.3 Å². The predicted molar refractivity (Wildman–Crippen MR) is 98.7 cm³/mol. The molecule has 1 N–H and O–H groups in total. The lowest BCUT2D eigenvalue weighted by atomic mass is 10.1. The van der Waals surface area contributed by atoms with Crippen LogP contribution < -0.4 is 0 Å². The molecule has 0 aromatic carbocycles. The molecule has 0 aliphatic carbocycles. The summed E-state index contributed by atoms with van der Waals surface area (Å²) in [5, 5.41) is -0.528. The van der Waals surface area contributed by atoms with Crippen LogP contribution in [0.1, 0.15) is 84.5 Å². The first-order chi connectivity index (χ1) is 9.90. The van der Waals surface area contributed by atoms with Crippen LogP contribution in [0, 0.1) is 0 Å². The topological polar surface area (TPSA) is 54.4 Å². The number of rotatable bonds is 14. The van der Waals surface area contributed by atoms with E-state index in [1.165, 1.54) is 44.9 Å². The van der Waals surface area contributed by atoms with Crippen LogP contribution in [-0.4, -0.2) is 22.0 Å². The molecule has 0 heterocycles. The van der Waals surface area contributed by atoms with Crippen LogP contribution in [0.2, 0.25) is 0 Å². The molecule has 0 saturated heterocycles. The van der Waals surface area contributed by atoms with E-state index in [0.29, 0.717) is 6.16 Å². The van der Waals surface area contributed by atoms with Crippen molar-refractivity contribution < 1.29 is 14.3 Å². The Morgan fingerprint density at radius 2 is 1.41 bits per heavy atom. The van der Waals surface area contributed by atoms with Gasteiger partial charge in [0.15, 0.2) is 0 Å². The first kappa shape index (κ1) is 24.7. The lowest BCUT2D eigenvalue weighted by molar-refractivity contribution is -0.111. The minimum Gasteiger partial charge on any atom is -0.344 e. The fourth-order valence-electron chi connectivity index (χ4n) is 2.42. The van der Waals surface area contributed by atoms with Crippen molar-refractivity contribution in [3.8, 4) is 0 Å². The summed E-state index contributed by atoms with van der Waals surface area (Å²) < 4.78 is 12.0. The second-order valence-corrected chi connectivity index (χ2v) is 9.33. The van der Waals surface area contributed by atoms with Gasteiger partial charge in [0.2, 0.25) is 12.6 Å². The Morgan fingerprint density at radius 1 is 1.00 bits per heavy atom. The van der Waals surface area contributed by atoms with E-state index in [-0.39, 0.29) is 18.8 Å². The molecule has 2 atom stereocenters. The second-order valence-electron chi connectivity index (χ2n) is 6.07. The van der Waals surface area contributed by atoms with Crippen LogP contribution in [0.4, 0.5) is 0 Å². The SMILES string of the molecule is CCCCCCCCCCCCP(=O)(O)C(C)CC(=O)Cl.Cl. The third-order valence-corrected chi connectivity index (χ3v) is 6.65. The standard InChI is InChI=1S/C16H32ClO3P.ClH/c1-3-4-5-6-7-8-9-10-11-12-13-21(19,20)15(2)14-16(17)18;/h15H,3-14H2,1-2H3,(H,19,20);1H. The molecule has 0 aromatic heterocycles. The monoisotopic (exact) mass is 374 g/mol. The number of halogens is 2. The molecule has 0 amide bonds. The van der Waals surface area contributed by atoms with Crippen molar-refractivity contribution in [2.45, 2.75) is 90.1 Å². The Balaban J connectivity index is 0. The van der Waals surface area contributed by atoms with Gasteiger partial charge >= 0.3 is 0 Å². The first-order valence-corrected chi connectivity index (χ1v) is 10.7. The maximum atomic E-state index is 12.0. The number of hydrogen-bond acceptors (Lipinski definition) is 2. The lowest BCUT2D eigenvalue weighted by Crippen LogP contribution is -2.09. The molecule has 0 spiro atoms. The average Bonchev–Trinajstić information content (AvgIpc) is 2.40. The lowest BCUT2D eigenvalue weighted by Gasteiger charge is -2.17. The van der Waals surface area contributed by atoms with E-state index in [0.717, 1.165) is 19.3 Å². The number of carbonyl (C=O) groups excluding carboxylic acids is 1. The molecule has 0 aliphatic rings. The predicted octanol–water partition coefficient (Wildman–Crippen LogP) is 6.14. The second kappa shape index (κ2) is 15.0. The highest BCUT2D eigenvalue weighted by Gasteiger charge is 2.27. The Bertz CT molecular complexity index is 325. The van der Waals surface area contributed by atoms with Gasteiger partial charge in [0.25, 0.3) is 0 Å². The van der Waals surface area contributed by atoms with Crippen molar-refractivity contribution in [2.24, 2.45) is 0 Å². The summed E-state index contributed by atoms with van der Waals surface area (Å²) in [6.07, 6.45) is 12.3. The van der Waals surface area contributed by atoms with E-state index < -0.39 is 18.3 Å². The number of carbonyl (C=O) groups is 1. The summed E-state index contributed by atoms with van der Waals surface area (Å²) in [5.74, 6) is 0. The van der Waals surface area contributed by atoms with Gasteiger partial charge in [-0.2, -0.15) is 0 Å². The minimum absolute atomic E-state index is 0. The third-order valence-electron chi connectivity index (χ3n) is 3.98. The molecule has 0 fully saturated rings. The highest BCUT2D eigenvalue weighted by atomic mass is 35.5. The molecule has 2 unspecified atom stereocenters. The van der Waals surface area contributed by atoms with Gasteiger partial charge in [-0.15, -0.1) is 12.4 Å². The summed E-state index contributed by atoms with van der Waals surface area (Å²) in [6, 6.07) is 0. The highest BCUT2D eigenvalue weighted by molar-refractivity contribution is 7.58. The normalized spacial score (nSPS) is 14.9. The van der Waals surface area contributed by atoms with E-state index in [1.807, 2.05) is 0 Å². The molecule has 0 rings (SSSR count). The fourth-order valence-corrected chi connectivity index (χ4v) is 4.33. The highest BCUT2D eigenvalue weighted by Crippen LogP contribution is 2.48. The number of hydrogen-bond donors (Lipinski definition) is 1. The maximum Gasteiger partial charge on any atom is 0.222 e. The average molecular weight is 375 g/mol. The molecule has 0 aliphatic heterocycles. The molecule has 3 nitrogen and oxygen atoms in total. The third kappa shape index (κ3) is 14.1. The molecule has 0 radical (unpaired) electrons. The van der Waals surface area contributed by atoms with Crippen LogP contribution in [0.15, 0.2) is 0 Å². The Kier molecular flexibility index (Phi) is 16.8.